The van der Waals surface area contributed by atoms with Gasteiger partial charge in [-0.15, -0.1) is 0 Å². The van der Waals surface area contributed by atoms with E-state index in [1.807, 2.05) is 6.92 Å². The first kappa shape index (κ1) is 15.2. The molecule has 0 saturated carbocycles. The molecule has 112 valence electrons. The smallest absolute Gasteiger partial charge is 0.305 e. The van der Waals surface area contributed by atoms with Crippen molar-refractivity contribution in [3.63, 3.8) is 0 Å². The van der Waals surface area contributed by atoms with E-state index in [1.54, 1.807) is 4.90 Å². The number of nitro groups is 1. The van der Waals surface area contributed by atoms with Gasteiger partial charge in [0.1, 0.15) is 4.21 Å². The van der Waals surface area contributed by atoms with E-state index in [9.17, 15) is 23.6 Å². The van der Waals surface area contributed by atoms with Crippen molar-refractivity contribution >= 4 is 31.9 Å². The van der Waals surface area contributed by atoms with Gasteiger partial charge in [0.15, 0.2) is 14.8 Å². The first-order valence-electron chi connectivity index (χ1n) is 6.11. The summed E-state index contributed by atoms with van der Waals surface area (Å²) in [6, 6.07) is 1.10. The number of hydrogen-bond acceptors (Lipinski definition) is 7. The van der Waals surface area contributed by atoms with Gasteiger partial charge in [-0.3, -0.25) is 10.1 Å². The van der Waals surface area contributed by atoms with Gasteiger partial charge in [-0.05, 0) is 12.3 Å². The van der Waals surface area contributed by atoms with Crippen LogP contribution in [0.15, 0.2) is 10.3 Å². The van der Waals surface area contributed by atoms with Crippen molar-refractivity contribution in [2.45, 2.75) is 23.7 Å². The van der Waals surface area contributed by atoms with Crippen LogP contribution in [0.1, 0.15) is 13.3 Å². The average Bonchev–Trinajstić information content (AvgIpc) is 2.77. The SMILES string of the molecule is CC1CCN(c2sc(S(C)(=O)=O)cc2[N+](=O)[O-])CC1O. The van der Waals surface area contributed by atoms with E-state index in [1.165, 1.54) is 0 Å². The van der Waals surface area contributed by atoms with E-state index in [4.69, 9.17) is 0 Å². The molecule has 0 spiro atoms. The predicted octanol–water partition coefficient (Wildman–Crippen LogP) is 1.27. The second kappa shape index (κ2) is 5.30. The number of sulfone groups is 1. The van der Waals surface area contributed by atoms with Gasteiger partial charge in [0.2, 0.25) is 0 Å². The number of hydrogen-bond donors (Lipinski definition) is 1. The number of rotatable bonds is 3. The minimum absolute atomic E-state index is 0.0210. The fourth-order valence-electron chi connectivity index (χ4n) is 2.12. The van der Waals surface area contributed by atoms with Crippen molar-refractivity contribution in [3.05, 3.63) is 16.2 Å². The van der Waals surface area contributed by atoms with Crippen molar-refractivity contribution in [2.75, 3.05) is 24.2 Å². The summed E-state index contributed by atoms with van der Waals surface area (Å²) in [6.07, 6.45) is 1.18. The Labute approximate surface area is 120 Å². The molecule has 20 heavy (non-hydrogen) atoms. The van der Waals surface area contributed by atoms with Crippen molar-refractivity contribution in [1.82, 2.24) is 0 Å². The maximum Gasteiger partial charge on any atom is 0.305 e. The molecule has 0 aliphatic carbocycles. The third-order valence-electron chi connectivity index (χ3n) is 3.44. The molecule has 1 aliphatic rings. The summed E-state index contributed by atoms with van der Waals surface area (Å²) in [6.45, 7) is 2.78. The van der Waals surface area contributed by atoms with Crippen LogP contribution in [-0.4, -0.2) is 43.9 Å². The van der Waals surface area contributed by atoms with Crippen LogP contribution >= 0.6 is 11.3 Å². The standard InChI is InChI=1S/C11H16N2O5S2/c1-7-3-4-12(6-9(7)14)11-8(13(15)16)5-10(19-11)20(2,17)18/h5,7,9,14H,3-4,6H2,1-2H3. The first-order valence-corrected chi connectivity index (χ1v) is 8.82. The van der Waals surface area contributed by atoms with Gasteiger partial charge in [-0.2, -0.15) is 0 Å². The second-order valence-electron chi connectivity index (χ2n) is 5.06. The predicted molar refractivity (Wildman–Crippen MR) is 76.1 cm³/mol. The monoisotopic (exact) mass is 320 g/mol. The van der Waals surface area contributed by atoms with Crippen LogP contribution in [0.2, 0.25) is 0 Å². The molecule has 1 aromatic rings. The zero-order chi connectivity index (χ0) is 15.1. The molecule has 2 unspecified atom stereocenters. The van der Waals surface area contributed by atoms with Crippen LogP contribution < -0.4 is 4.90 Å². The molecule has 2 rings (SSSR count). The highest BCUT2D eigenvalue weighted by atomic mass is 32.2. The third-order valence-corrected chi connectivity index (χ3v) is 6.43. The molecule has 0 aromatic carbocycles. The number of nitrogens with zero attached hydrogens (tertiary/aromatic N) is 2. The molecule has 2 atom stereocenters. The van der Waals surface area contributed by atoms with Gasteiger partial charge >= 0.3 is 5.69 Å². The van der Waals surface area contributed by atoms with Crippen molar-refractivity contribution < 1.29 is 18.4 Å². The van der Waals surface area contributed by atoms with Gasteiger partial charge in [-0.25, -0.2) is 8.42 Å². The molecule has 0 radical (unpaired) electrons. The van der Waals surface area contributed by atoms with E-state index in [2.05, 4.69) is 0 Å². The number of β-amino-alcohol motifs (C(OH)–C–C–N with tert-alkyl or cyclic N) is 1. The lowest BCUT2D eigenvalue weighted by Gasteiger charge is -2.34. The Morgan fingerprint density at radius 2 is 2.20 bits per heavy atom. The van der Waals surface area contributed by atoms with Crippen LogP contribution in [0, 0.1) is 16.0 Å². The fraction of sp³-hybridized carbons (Fsp3) is 0.636. The Bertz CT molecular complexity index is 625. The molecular formula is C11H16N2O5S2. The number of aliphatic hydroxyl groups excluding tert-OH is 1. The molecule has 1 saturated heterocycles. The van der Waals surface area contributed by atoms with Gasteiger partial charge in [-0.1, -0.05) is 18.3 Å². The van der Waals surface area contributed by atoms with Gasteiger partial charge in [0.05, 0.1) is 11.0 Å². The highest BCUT2D eigenvalue weighted by molar-refractivity contribution is 7.92. The van der Waals surface area contributed by atoms with E-state index in [-0.39, 0.29) is 22.4 Å². The van der Waals surface area contributed by atoms with Gasteiger partial charge < -0.3 is 10.0 Å². The fourth-order valence-corrected chi connectivity index (χ4v) is 4.19. The first-order chi connectivity index (χ1) is 9.20. The van der Waals surface area contributed by atoms with Crippen LogP contribution in [0.4, 0.5) is 10.7 Å². The summed E-state index contributed by atoms with van der Waals surface area (Å²) in [5.74, 6) is 0.139. The minimum atomic E-state index is -3.48. The lowest BCUT2D eigenvalue weighted by Crippen LogP contribution is -2.42. The topological polar surface area (TPSA) is 101 Å². The number of thiophene rings is 1. The van der Waals surface area contributed by atoms with Gasteiger partial charge in [0, 0.05) is 25.4 Å². The Morgan fingerprint density at radius 3 is 2.70 bits per heavy atom. The van der Waals surface area contributed by atoms with Crippen LogP contribution in [0.3, 0.4) is 0 Å². The zero-order valence-corrected chi connectivity index (χ0v) is 12.8. The summed E-state index contributed by atoms with van der Waals surface area (Å²) >= 11 is 0.890. The molecule has 1 aliphatic heterocycles. The molecule has 2 heterocycles. The molecule has 1 fully saturated rings. The van der Waals surface area contributed by atoms with E-state index in [0.29, 0.717) is 18.0 Å². The second-order valence-corrected chi connectivity index (χ2v) is 8.34. The van der Waals surface area contributed by atoms with Crippen molar-refractivity contribution in [3.8, 4) is 0 Å². The highest BCUT2D eigenvalue weighted by Gasteiger charge is 2.32. The lowest BCUT2D eigenvalue weighted by molar-refractivity contribution is -0.383. The van der Waals surface area contributed by atoms with E-state index < -0.39 is 20.9 Å². The van der Waals surface area contributed by atoms with E-state index in [0.717, 1.165) is 23.7 Å². The summed E-state index contributed by atoms with van der Waals surface area (Å²) in [4.78, 5) is 12.2. The normalized spacial score (nSPS) is 23.9. The van der Waals surface area contributed by atoms with Crippen LogP contribution in [0.5, 0.6) is 0 Å². The third kappa shape index (κ3) is 2.94. The molecular weight excluding hydrogens is 304 g/mol. The number of piperidine rings is 1. The maximum atomic E-state index is 11.5. The van der Waals surface area contributed by atoms with Crippen molar-refractivity contribution in [1.29, 1.82) is 0 Å². The highest BCUT2D eigenvalue weighted by Crippen LogP contribution is 2.41. The molecule has 7 nitrogen and oxygen atoms in total. The number of anilines is 1. The minimum Gasteiger partial charge on any atom is -0.391 e. The summed E-state index contributed by atoms with van der Waals surface area (Å²) in [7, 11) is -3.48. The summed E-state index contributed by atoms with van der Waals surface area (Å²) < 4.78 is 23.1. The Kier molecular flexibility index (Phi) is 4.03. The lowest BCUT2D eigenvalue weighted by atomic mass is 9.96. The Morgan fingerprint density at radius 1 is 1.55 bits per heavy atom. The number of aliphatic hydroxyl groups is 1. The Hall–Kier alpha value is -1.19. The molecule has 0 amide bonds. The molecule has 1 N–H and O–H groups in total. The van der Waals surface area contributed by atoms with E-state index >= 15 is 0 Å². The molecule has 0 bridgehead atoms. The maximum absolute atomic E-state index is 11.5. The van der Waals surface area contributed by atoms with Gasteiger partial charge in [0.25, 0.3) is 0 Å². The largest absolute Gasteiger partial charge is 0.391 e. The summed E-state index contributed by atoms with van der Waals surface area (Å²) in [5.41, 5.74) is -0.211. The van der Waals surface area contributed by atoms with Crippen molar-refractivity contribution in [2.24, 2.45) is 5.92 Å². The quantitative estimate of drug-likeness (QED) is 0.665. The zero-order valence-electron chi connectivity index (χ0n) is 11.1. The molecule has 1 aromatic heterocycles. The van der Waals surface area contributed by atoms with Crippen LogP contribution in [0.25, 0.3) is 0 Å². The molecule has 9 heteroatoms. The Balaban J connectivity index is 2.40. The van der Waals surface area contributed by atoms with Crippen LogP contribution in [-0.2, 0) is 9.84 Å². The average molecular weight is 320 g/mol. The summed E-state index contributed by atoms with van der Waals surface area (Å²) in [5, 5.41) is 21.3.